The number of nitrogens with one attached hydrogen (secondary N) is 2. The van der Waals surface area contributed by atoms with Gasteiger partial charge in [-0.25, -0.2) is 0 Å². The van der Waals surface area contributed by atoms with E-state index in [-0.39, 0.29) is 50.6 Å². The molecule has 0 bridgehead atoms. The van der Waals surface area contributed by atoms with Gasteiger partial charge in [-0.15, -0.1) is 0 Å². The van der Waals surface area contributed by atoms with Gasteiger partial charge >= 0.3 is 37.7 Å². The predicted octanol–water partition coefficient (Wildman–Crippen LogP) is -1.04. The first kappa shape index (κ1) is 50.2. The van der Waals surface area contributed by atoms with Gasteiger partial charge in [-0.2, -0.15) is 0 Å². The minimum atomic E-state index is -1.09. The number of aliphatic carboxylic acids is 2. The average molecular weight is 695 g/mol. The minimum absolute atomic E-state index is 0. The zero-order valence-corrected chi connectivity index (χ0v) is 31.5. The molecule has 0 heterocycles. The van der Waals surface area contributed by atoms with Crippen LogP contribution in [0.1, 0.15) is 66.2 Å². The van der Waals surface area contributed by atoms with Gasteiger partial charge in [0.25, 0.3) is 0 Å². The van der Waals surface area contributed by atoms with Gasteiger partial charge in [-0.3, -0.25) is 9.80 Å². The topological polar surface area (TPSA) is 192 Å². The largest absolute Gasteiger partial charge is 2.00 e. The van der Waals surface area contributed by atoms with E-state index in [1.54, 1.807) is 0 Å². The van der Waals surface area contributed by atoms with E-state index in [9.17, 15) is 40.2 Å². The molecule has 0 aliphatic heterocycles. The Hall–Kier alpha value is -1.16. The smallest absolute Gasteiger partial charge is 0.550 e. The van der Waals surface area contributed by atoms with E-state index in [1.165, 1.54) is 0 Å². The Morgan fingerprint density at radius 3 is 1.15 bits per heavy atom. The van der Waals surface area contributed by atoms with Gasteiger partial charge in [-0.1, -0.05) is 48.6 Å². The molecule has 268 valence electrons. The predicted molar refractivity (Wildman–Crippen MR) is 185 cm³/mol. The summed E-state index contributed by atoms with van der Waals surface area (Å²) in [4.78, 5) is 25.0. The van der Waals surface area contributed by atoms with Crippen molar-refractivity contribution in [1.29, 1.82) is 0 Å². The molecule has 47 heavy (non-hydrogen) atoms. The number of aliphatic hydroxyl groups is 4. The van der Waals surface area contributed by atoms with Crippen LogP contribution in [0.15, 0.2) is 48.6 Å². The number of hydrogen-bond donors (Lipinski definition) is 6. The molecule has 0 amide bonds. The Balaban J connectivity index is -0.000000807. The Kier molecular flexibility index (Phi) is 38.6. The van der Waals surface area contributed by atoms with E-state index in [0.717, 1.165) is 0 Å². The minimum Gasteiger partial charge on any atom is -0.550 e. The molecule has 4 unspecified atom stereocenters. The molecule has 0 aromatic rings. The number of hydrogen-bond acceptors (Lipinski definition) is 12. The van der Waals surface area contributed by atoms with E-state index >= 15 is 0 Å². The number of allylic oxidation sites excluding steroid dienone is 4. The van der Waals surface area contributed by atoms with Crippen molar-refractivity contribution in [2.45, 2.75) is 90.6 Å². The first-order valence-corrected chi connectivity index (χ1v) is 16.4. The second-order valence-electron chi connectivity index (χ2n) is 11.1. The molecule has 4 atom stereocenters. The number of carbonyl (C=O) groups excluding carboxylic acids is 2. The number of aliphatic hydroxyl groups excluding tert-OH is 4. The van der Waals surface area contributed by atoms with Crippen LogP contribution in [0.2, 0.25) is 0 Å². The van der Waals surface area contributed by atoms with Crippen LogP contribution in [0, 0.1) is 0 Å². The van der Waals surface area contributed by atoms with Crippen molar-refractivity contribution in [2.24, 2.45) is 0 Å². The monoisotopic (exact) mass is 694 g/mol. The molecule has 0 radical (unpaired) electrons. The molecule has 13 heteroatoms. The molecular weight excluding hydrogens is 632 g/mol. The van der Waals surface area contributed by atoms with E-state index < -0.39 is 36.4 Å². The summed E-state index contributed by atoms with van der Waals surface area (Å²) in [5.74, 6) is -2.18. The Morgan fingerprint density at radius 1 is 0.574 bits per heavy atom. The maximum atomic E-state index is 10.6. The van der Waals surface area contributed by atoms with Crippen LogP contribution in [-0.4, -0.2) is 170 Å². The fraction of sp³-hybridized carbons (Fsp3) is 0.706. The maximum Gasteiger partial charge on any atom is 2.00 e. The Morgan fingerprint density at radius 2 is 0.872 bits per heavy atom. The second-order valence-corrected chi connectivity index (χ2v) is 11.1. The third-order valence-corrected chi connectivity index (χ3v) is 6.75. The first-order chi connectivity index (χ1) is 22.0. The first-order valence-electron chi connectivity index (χ1n) is 16.4. The average Bonchev–Trinajstić information content (AvgIpc) is 3.02. The van der Waals surface area contributed by atoms with Crippen LogP contribution in [0.25, 0.3) is 0 Å². The van der Waals surface area contributed by atoms with Crippen molar-refractivity contribution < 1.29 is 40.2 Å². The summed E-state index contributed by atoms with van der Waals surface area (Å²) in [6, 6.07) is 0. The van der Waals surface area contributed by atoms with Gasteiger partial charge < -0.3 is 50.9 Å². The van der Waals surface area contributed by atoms with Gasteiger partial charge in [0.2, 0.25) is 0 Å². The molecular formula is C34H62CaN4O8. The molecule has 0 aliphatic rings. The van der Waals surface area contributed by atoms with Crippen molar-refractivity contribution in [3.63, 3.8) is 0 Å². The summed E-state index contributed by atoms with van der Waals surface area (Å²) < 4.78 is 0. The molecule has 12 nitrogen and oxygen atoms in total. The van der Waals surface area contributed by atoms with Crippen molar-refractivity contribution in [2.75, 3.05) is 65.4 Å². The van der Waals surface area contributed by atoms with Crippen molar-refractivity contribution in [1.82, 2.24) is 20.4 Å². The maximum absolute atomic E-state index is 10.6. The van der Waals surface area contributed by atoms with Crippen LogP contribution >= 0.6 is 0 Å². The fourth-order valence-electron chi connectivity index (χ4n) is 4.18. The zero-order chi connectivity index (χ0) is 35.0. The molecule has 0 saturated carbocycles. The van der Waals surface area contributed by atoms with Gasteiger partial charge in [0.15, 0.2) is 0 Å². The van der Waals surface area contributed by atoms with Crippen LogP contribution in [0.4, 0.5) is 0 Å². The number of carboxylic acids is 2. The summed E-state index contributed by atoms with van der Waals surface area (Å²) in [5, 5.41) is 66.8. The number of carboxylic acid groups (broad SMARTS) is 2. The van der Waals surface area contributed by atoms with Gasteiger partial charge in [0.1, 0.15) is 0 Å². The molecule has 0 fully saturated rings. The number of carbonyl (C=O) groups is 2. The summed E-state index contributed by atoms with van der Waals surface area (Å²) in [5.41, 5.74) is 0. The van der Waals surface area contributed by atoms with Crippen LogP contribution in [-0.2, 0) is 9.59 Å². The Bertz CT molecular complexity index is 792. The van der Waals surface area contributed by atoms with Crippen LogP contribution in [0.3, 0.4) is 0 Å². The molecule has 6 N–H and O–H groups in total. The second kappa shape index (κ2) is 36.1. The summed E-state index contributed by atoms with van der Waals surface area (Å²) in [6.45, 7) is 12.6. The van der Waals surface area contributed by atoms with Crippen LogP contribution < -0.4 is 20.8 Å². The third kappa shape index (κ3) is 37.5. The SMILES string of the molecule is C/C=C/CC(O)CNCCN(CCC(=O)[O-])CC(O)C/C=C/C.C/C=C/CC(O)CNCCN(CCC(=O)[O-])CC(O)C/C=C/C.[Ca+2]. The van der Waals surface area contributed by atoms with Gasteiger partial charge in [0, 0.05) is 77.4 Å². The molecule has 0 saturated heterocycles. The molecule has 0 rings (SSSR count). The van der Waals surface area contributed by atoms with Crippen molar-refractivity contribution in [3.8, 4) is 0 Å². The van der Waals surface area contributed by atoms with Crippen LogP contribution in [0.5, 0.6) is 0 Å². The van der Waals surface area contributed by atoms with Crippen molar-refractivity contribution in [3.05, 3.63) is 48.6 Å². The van der Waals surface area contributed by atoms with E-state index in [2.05, 4.69) is 10.6 Å². The molecule has 0 spiro atoms. The van der Waals surface area contributed by atoms with Gasteiger partial charge in [0.05, 0.1) is 24.4 Å². The summed E-state index contributed by atoms with van der Waals surface area (Å²) in [6.07, 6.45) is 15.5. The molecule has 0 aromatic heterocycles. The standard InChI is InChI=1S/2C17H32N2O4.Ca/c2*1-3-5-7-15(20)13-18-10-12-19(11-9-17(22)23)14-16(21)8-6-4-2;/h2*3-6,15-16,18,20-21H,7-14H2,1-2H3,(H,22,23);/q;;+2/p-2/b2*5-3+,6-4+;. The van der Waals surface area contributed by atoms with E-state index in [1.807, 2.05) is 86.1 Å². The third-order valence-electron chi connectivity index (χ3n) is 6.75. The molecule has 0 aliphatic carbocycles. The quantitative estimate of drug-likeness (QED) is 0.0332. The Labute approximate surface area is 313 Å². The van der Waals surface area contributed by atoms with E-state index in [4.69, 9.17) is 0 Å². The van der Waals surface area contributed by atoms with E-state index in [0.29, 0.717) is 91.1 Å². The summed E-state index contributed by atoms with van der Waals surface area (Å²) in [7, 11) is 0. The number of rotatable bonds is 28. The normalized spacial score (nSPS) is 14.5. The summed E-state index contributed by atoms with van der Waals surface area (Å²) >= 11 is 0. The number of nitrogens with zero attached hydrogens (tertiary/aromatic N) is 2. The zero-order valence-electron chi connectivity index (χ0n) is 29.3. The van der Waals surface area contributed by atoms with Gasteiger partial charge in [-0.05, 0) is 66.2 Å². The molecule has 0 aromatic carbocycles. The van der Waals surface area contributed by atoms with Crippen molar-refractivity contribution >= 4 is 49.7 Å². The fourth-order valence-corrected chi connectivity index (χ4v) is 4.18.